The van der Waals surface area contributed by atoms with Crippen molar-refractivity contribution in [3.05, 3.63) is 74.8 Å². The third-order valence-corrected chi connectivity index (χ3v) is 5.06. The number of nitrogens with zero attached hydrogens (tertiary/aromatic N) is 2. The molecule has 0 heterocycles. The van der Waals surface area contributed by atoms with E-state index in [2.05, 4.69) is 12.1 Å². The van der Waals surface area contributed by atoms with Crippen LogP contribution < -0.4 is 0 Å². The molecule has 0 aromatic heterocycles. The lowest BCUT2D eigenvalue weighted by Gasteiger charge is -2.25. The van der Waals surface area contributed by atoms with Gasteiger partial charge in [0.25, 0.3) is 5.69 Å². The van der Waals surface area contributed by atoms with Crippen LogP contribution in [0, 0.1) is 10.1 Å². The fraction of sp³-hybridized carbons (Fsp3) is 0.350. The predicted molar refractivity (Wildman–Crippen MR) is 96.5 cm³/mol. The average Bonchev–Trinajstić information content (AvgIpc) is 3.08. The van der Waals surface area contributed by atoms with Crippen molar-refractivity contribution in [3.63, 3.8) is 0 Å². The van der Waals surface area contributed by atoms with Crippen LogP contribution in [0.2, 0.25) is 0 Å². The maximum Gasteiger partial charge on any atom is 0.269 e. The number of nitro benzene ring substituents is 1. The molecule has 0 fully saturated rings. The second-order valence-electron chi connectivity index (χ2n) is 6.67. The predicted octanol–water partition coefficient (Wildman–Crippen LogP) is 3.85. The van der Waals surface area contributed by atoms with Gasteiger partial charge < -0.3 is 4.90 Å². The molecule has 130 valence electrons. The first-order chi connectivity index (χ1) is 12.0. The first-order valence-corrected chi connectivity index (χ1v) is 8.56. The summed E-state index contributed by atoms with van der Waals surface area (Å²) in [5, 5.41) is 10.9. The zero-order valence-electron chi connectivity index (χ0n) is 14.6. The molecule has 0 spiro atoms. The van der Waals surface area contributed by atoms with E-state index in [1.807, 2.05) is 19.1 Å². The summed E-state index contributed by atoms with van der Waals surface area (Å²) in [5.74, 6) is 0.0111. The van der Waals surface area contributed by atoms with Gasteiger partial charge in [-0.2, -0.15) is 0 Å². The third-order valence-electron chi connectivity index (χ3n) is 5.06. The minimum absolute atomic E-state index is 0.0111. The molecule has 5 nitrogen and oxygen atoms in total. The van der Waals surface area contributed by atoms with Crippen LogP contribution in [-0.4, -0.2) is 22.8 Å². The molecule has 1 aliphatic rings. The van der Waals surface area contributed by atoms with Gasteiger partial charge in [0, 0.05) is 19.2 Å². The highest BCUT2D eigenvalue weighted by molar-refractivity contribution is 5.79. The number of likely N-dealkylation sites (N-methyl/N-ethyl adjacent to an activating group) is 1. The first-order valence-electron chi connectivity index (χ1n) is 8.56. The van der Waals surface area contributed by atoms with Gasteiger partial charge >= 0.3 is 0 Å². The lowest BCUT2D eigenvalue weighted by molar-refractivity contribution is -0.384. The molecule has 1 aliphatic carbocycles. The Balaban J connectivity index is 1.71. The van der Waals surface area contributed by atoms with Gasteiger partial charge in [-0.3, -0.25) is 14.9 Å². The number of amides is 1. The van der Waals surface area contributed by atoms with Gasteiger partial charge in [-0.1, -0.05) is 30.3 Å². The number of non-ortho nitro benzene ring substituents is 1. The Hall–Kier alpha value is -2.69. The number of hydrogen-bond donors (Lipinski definition) is 0. The van der Waals surface area contributed by atoms with Gasteiger partial charge in [0.15, 0.2) is 0 Å². The van der Waals surface area contributed by atoms with E-state index < -0.39 is 4.92 Å². The summed E-state index contributed by atoms with van der Waals surface area (Å²) in [4.78, 5) is 24.8. The highest BCUT2D eigenvalue weighted by Crippen LogP contribution is 2.25. The smallest absolute Gasteiger partial charge is 0.269 e. The molecular weight excluding hydrogens is 316 g/mol. The van der Waals surface area contributed by atoms with E-state index in [-0.39, 0.29) is 17.6 Å². The van der Waals surface area contributed by atoms with Crippen molar-refractivity contribution in [2.75, 3.05) is 7.05 Å². The Labute approximate surface area is 147 Å². The number of benzene rings is 2. The molecule has 0 aliphatic heterocycles. The van der Waals surface area contributed by atoms with Gasteiger partial charge in [-0.15, -0.1) is 0 Å². The molecule has 0 N–H and O–H groups in total. The Bertz CT molecular complexity index is 816. The van der Waals surface area contributed by atoms with E-state index >= 15 is 0 Å². The molecule has 2 aromatic carbocycles. The molecule has 1 amide bonds. The van der Waals surface area contributed by atoms with Gasteiger partial charge in [0.1, 0.15) is 0 Å². The SMILES string of the molecule is C[C@@H](c1cccc([N+](=O)[O-])c1)N(C)C(=O)Cc1ccc2c(c1)CCC2. The lowest BCUT2D eigenvalue weighted by Crippen LogP contribution is -2.31. The summed E-state index contributed by atoms with van der Waals surface area (Å²) in [6, 6.07) is 12.6. The van der Waals surface area contributed by atoms with Crippen LogP contribution in [-0.2, 0) is 24.1 Å². The van der Waals surface area contributed by atoms with Crippen molar-refractivity contribution in [3.8, 4) is 0 Å². The van der Waals surface area contributed by atoms with Crippen molar-refractivity contribution in [1.82, 2.24) is 4.90 Å². The normalized spacial score (nSPS) is 14.0. The maximum atomic E-state index is 12.6. The second-order valence-corrected chi connectivity index (χ2v) is 6.67. The summed E-state index contributed by atoms with van der Waals surface area (Å²) < 4.78 is 0. The van der Waals surface area contributed by atoms with E-state index in [1.54, 1.807) is 18.0 Å². The quantitative estimate of drug-likeness (QED) is 0.614. The van der Waals surface area contributed by atoms with Crippen LogP contribution in [0.3, 0.4) is 0 Å². The summed E-state index contributed by atoms with van der Waals surface area (Å²) in [7, 11) is 1.75. The molecule has 0 bridgehead atoms. The van der Waals surface area contributed by atoms with Gasteiger partial charge in [-0.25, -0.2) is 0 Å². The zero-order valence-corrected chi connectivity index (χ0v) is 14.6. The van der Waals surface area contributed by atoms with Crippen LogP contribution in [0.4, 0.5) is 5.69 Å². The number of rotatable bonds is 5. The number of nitro groups is 1. The Morgan fingerprint density at radius 1 is 1.20 bits per heavy atom. The topological polar surface area (TPSA) is 63.5 Å². The number of carbonyl (C=O) groups is 1. The average molecular weight is 338 g/mol. The fourth-order valence-electron chi connectivity index (χ4n) is 3.37. The maximum absolute atomic E-state index is 12.6. The highest BCUT2D eigenvalue weighted by Gasteiger charge is 2.20. The number of aryl methyl sites for hydroxylation is 2. The van der Waals surface area contributed by atoms with Gasteiger partial charge in [0.05, 0.1) is 17.4 Å². The van der Waals surface area contributed by atoms with E-state index in [0.29, 0.717) is 6.42 Å². The highest BCUT2D eigenvalue weighted by atomic mass is 16.6. The van der Waals surface area contributed by atoms with Crippen molar-refractivity contribution < 1.29 is 9.72 Å². The molecule has 0 radical (unpaired) electrons. The number of carbonyl (C=O) groups excluding carboxylic acids is 1. The lowest BCUT2D eigenvalue weighted by atomic mass is 10.0. The molecule has 2 aromatic rings. The molecular formula is C20H22N2O3. The van der Waals surface area contributed by atoms with Gasteiger partial charge in [-0.05, 0) is 48.4 Å². The molecule has 3 rings (SSSR count). The minimum atomic E-state index is -0.414. The van der Waals surface area contributed by atoms with Crippen molar-refractivity contribution in [2.45, 2.75) is 38.6 Å². The summed E-state index contributed by atoms with van der Waals surface area (Å²) >= 11 is 0. The van der Waals surface area contributed by atoms with E-state index in [9.17, 15) is 14.9 Å². The first kappa shape index (κ1) is 17.1. The molecule has 1 atom stereocenters. The van der Waals surface area contributed by atoms with Crippen molar-refractivity contribution in [1.29, 1.82) is 0 Å². The van der Waals surface area contributed by atoms with Gasteiger partial charge in [0.2, 0.25) is 5.91 Å². The van der Waals surface area contributed by atoms with Crippen LogP contribution in [0.1, 0.15) is 41.6 Å². The Morgan fingerprint density at radius 3 is 2.72 bits per heavy atom. The standard InChI is InChI=1S/C20H22N2O3/c1-14(17-6-4-8-19(13-17)22(24)25)21(2)20(23)12-15-9-10-16-5-3-7-18(16)11-15/h4,6,8-11,13-14H,3,5,7,12H2,1-2H3/t14-/m0/s1. The molecule has 0 saturated carbocycles. The monoisotopic (exact) mass is 338 g/mol. The van der Waals surface area contributed by atoms with E-state index in [0.717, 1.165) is 24.0 Å². The minimum Gasteiger partial charge on any atom is -0.339 e. The van der Waals surface area contributed by atoms with Crippen LogP contribution in [0.15, 0.2) is 42.5 Å². The van der Waals surface area contributed by atoms with Crippen LogP contribution >= 0.6 is 0 Å². The second kappa shape index (κ2) is 7.05. The fourth-order valence-corrected chi connectivity index (χ4v) is 3.37. The Morgan fingerprint density at radius 2 is 1.96 bits per heavy atom. The van der Waals surface area contributed by atoms with Crippen LogP contribution in [0.25, 0.3) is 0 Å². The largest absolute Gasteiger partial charge is 0.339 e. The number of fused-ring (bicyclic) bond motifs is 1. The van der Waals surface area contributed by atoms with Crippen molar-refractivity contribution in [2.24, 2.45) is 0 Å². The summed E-state index contributed by atoms with van der Waals surface area (Å²) in [6.45, 7) is 1.89. The summed E-state index contributed by atoms with van der Waals surface area (Å²) in [6.07, 6.45) is 3.77. The molecule has 25 heavy (non-hydrogen) atoms. The van der Waals surface area contributed by atoms with Crippen molar-refractivity contribution >= 4 is 11.6 Å². The Kier molecular flexibility index (Phi) is 4.83. The van der Waals surface area contributed by atoms with Crippen LogP contribution in [0.5, 0.6) is 0 Å². The third kappa shape index (κ3) is 3.71. The summed E-state index contributed by atoms with van der Waals surface area (Å²) in [5.41, 5.74) is 4.60. The molecule has 5 heteroatoms. The van der Waals surface area contributed by atoms with E-state index in [1.165, 1.54) is 29.7 Å². The zero-order chi connectivity index (χ0) is 18.0. The number of hydrogen-bond acceptors (Lipinski definition) is 3. The molecule has 0 saturated heterocycles. The molecule has 0 unspecified atom stereocenters. The van der Waals surface area contributed by atoms with E-state index in [4.69, 9.17) is 0 Å².